The molecule has 0 saturated carbocycles. The monoisotopic (exact) mass is 298 g/mol. The summed E-state index contributed by atoms with van der Waals surface area (Å²) >= 11 is 1.53. The number of β-amino-alcohol motifs (C(OH)–C–C–N with tert-alkyl or cyclic N) is 1. The van der Waals surface area contributed by atoms with E-state index < -0.39 is 6.10 Å². The van der Waals surface area contributed by atoms with E-state index >= 15 is 0 Å². The fraction of sp³-hybridized carbons (Fsp3) is 0.643. The van der Waals surface area contributed by atoms with E-state index in [2.05, 4.69) is 4.90 Å². The summed E-state index contributed by atoms with van der Waals surface area (Å²) in [6.45, 7) is 6.00. The molecule has 2 heterocycles. The van der Waals surface area contributed by atoms with Crippen molar-refractivity contribution in [1.29, 1.82) is 0 Å². The summed E-state index contributed by atoms with van der Waals surface area (Å²) in [5.74, 6) is -0.0234. The Morgan fingerprint density at radius 3 is 2.80 bits per heavy atom. The van der Waals surface area contributed by atoms with Crippen LogP contribution in [0, 0.1) is 6.92 Å². The SMILES string of the molecule is Cc1cscc1C(=O)N(C)CC(O)CN1CCOCC1. The Balaban J connectivity index is 1.82. The van der Waals surface area contributed by atoms with Gasteiger partial charge >= 0.3 is 0 Å². The van der Waals surface area contributed by atoms with E-state index in [1.165, 1.54) is 11.3 Å². The second-order valence-corrected chi connectivity index (χ2v) is 5.96. The number of carbonyl (C=O) groups is 1. The summed E-state index contributed by atoms with van der Waals surface area (Å²) in [7, 11) is 1.74. The van der Waals surface area contributed by atoms with Crippen LogP contribution in [0.2, 0.25) is 0 Å². The van der Waals surface area contributed by atoms with Gasteiger partial charge < -0.3 is 14.7 Å². The summed E-state index contributed by atoms with van der Waals surface area (Å²) in [6.07, 6.45) is -0.527. The number of hydrogen-bond donors (Lipinski definition) is 1. The first-order chi connectivity index (χ1) is 9.58. The molecule has 0 bridgehead atoms. The van der Waals surface area contributed by atoms with Gasteiger partial charge in [-0.3, -0.25) is 9.69 Å². The number of hydrogen-bond acceptors (Lipinski definition) is 5. The lowest BCUT2D eigenvalue weighted by molar-refractivity contribution is 0.00878. The van der Waals surface area contributed by atoms with E-state index in [0.717, 1.165) is 37.4 Å². The van der Waals surface area contributed by atoms with Gasteiger partial charge in [-0.1, -0.05) is 0 Å². The van der Waals surface area contributed by atoms with E-state index in [-0.39, 0.29) is 5.91 Å². The molecule has 1 amide bonds. The molecule has 0 aliphatic carbocycles. The second-order valence-electron chi connectivity index (χ2n) is 5.22. The van der Waals surface area contributed by atoms with Crippen LogP contribution in [-0.2, 0) is 4.74 Å². The van der Waals surface area contributed by atoms with Crippen molar-refractivity contribution in [1.82, 2.24) is 9.80 Å². The number of carbonyl (C=O) groups excluding carboxylic acids is 1. The maximum absolute atomic E-state index is 12.2. The molecule has 1 aromatic rings. The Morgan fingerprint density at radius 1 is 1.50 bits per heavy atom. The van der Waals surface area contributed by atoms with Gasteiger partial charge in [-0.05, 0) is 17.9 Å². The molecule has 5 nitrogen and oxygen atoms in total. The number of rotatable bonds is 5. The number of ether oxygens (including phenoxy) is 1. The molecule has 0 aromatic carbocycles. The average molecular weight is 298 g/mol. The molecule has 1 saturated heterocycles. The number of amides is 1. The summed E-state index contributed by atoms with van der Waals surface area (Å²) < 4.78 is 5.28. The van der Waals surface area contributed by atoms with Crippen LogP contribution in [-0.4, -0.2) is 73.4 Å². The molecule has 1 aliphatic heterocycles. The third-order valence-electron chi connectivity index (χ3n) is 3.49. The third-order valence-corrected chi connectivity index (χ3v) is 4.35. The van der Waals surface area contributed by atoms with Gasteiger partial charge in [0.25, 0.3) is 5.91 Å². The number of aryl methyl sites for hydroxylation is 1. The molecule has 1 aliphatic rings. The van der Waals surface area contributed by atoms with Crippen molar-refractivity contribution in [2.45, 2.75) is 13.0 Å². The Kier molecular flexibility index (Phi) is 5.54. The van der Waals surface area contributed by atoms with Crippen LogP contribution in [0.25, 0.3) is 0 Å². The second kappa shape index (κ2) is 7.17. The Bertz CT molecular complexity index is 443. The summed E-state index contributed by atoms with van der Waals surface area (Å²) in [6, 6.07) is 0. The largest absolute Gasteiger partial charge is 0.390 e. The Morgan fingerprint density at radius 2 is 2.20 bits per heavy atom. The summed E-state index contributed by atoms with van der Waals surface area (Å²) in [4.78, 5) is 16.0. The van der Waals surface area contributed by atoms with Crippen molar-refractivity contribution in [3.05, 3.63) is 21.9 Å². The van der Waals surface area contributed by atoms with Gasteiger partial charge in [0, 0.05) is 38.6 Å². The van der Waals surface area contributed by atoms with Gasteiger partial charge in [0.1, 0.15) is 0 Å². The number of likely N-dealkylation sites (N-methyl/N-ethyl adjacent to an activating group) is 1. The molecule has 112 valence electrons. The topological polar surface area (TPSA) is 53.0 Å². The highest BCUT2D eigenvalue weighted by Gasteiger charge is 2.20. The molecule has 20 heavy (non-hydrogen) atoms. The highest BCUT2D eigenvalue weighted by molar-refractivity contribution is 7.08. The van der Waals surface area contributed by atoms with Crippen molar-refractivity contribution in [2.24, 2.45) is 0 Å². The number of nitrogens with zero attached hydrogens (tertiary/aromatic N) is 2. The molecule has 0 spiro atoms. The van der Waals surface area contributed by atoms with Crippen LogP contribution in [0.4, 0.5) is 0 Å². The molecule has 2 rings (SSSR count). The maximum Gasteiger partial charge on any atom is 0.254 e. The van der Waals surface area contributed by atoms with E-state index in [0.29, 0.717) is 13.1 Å². The van der Waals surface area contributed by atoms with E-state index in [1.54, 1.807) is 11.9 Å². The smallest absolute Gasteiger partial charge is 0.254 e. The van der Waals surface area contributed by atoms with Gasteiger partial charge in [-0.2, -0.15) is 11.3 Å². The number of morpholine rings is 1. The predicted molar refractivity (Wildman–Crippen MR) is 79.3 cm³/mol. The van der Waals surface area contributed by atoms with Gasteiger partial charge in [0.2, 0.25) is 0 Å². The van der Waals surface area contributed by atoms with Gasteiger partial charge in [0.15, 0.2) is 0 Å². The quantitative estimate of drug-likeness (QED) is 0.874. The molecule has 1 fully saturated rings. The molecular formula is C14H22N2O3S. The molecule has 1 N–H and O–H groups in total. The van der Waals surface area contributed by atoms with E-state index in [9.17, 15) is 9.90 Å². The van der Waals surface area contributed by atoms with Gasteiger partial charge in [-0.15, -0.1) is 0 Å². The van der Waals surface area contributed by atoms with Crippen molar-refractivity contribution in [3.63, 3.8) is 0 Å². The molecule has 1 unspecified atom stereocenters. The van der Waals surface area contributed by atoms with E-state index in [1.807, 2.05) is 17.7 Å². The predicted octanol–water partition coefficient (Wildman–Crippen LogP) is 0.822. The van der Waals surface area contributed by atoms with Crippen LogP contribution >= 0.6 is 11.3 Å². The zero-order chi connectivity index (χ0) is 14.5. The first kappa shape index (κ1) is 15.4. The fourth-order valence-corrected chi connectivity index (χ4v) is 3.15. The van der Waals surface area contributed by atoms with Crippen LogP contribution in [0.5, 0.6) is 0 Å². The lowest BCUT2D eigenvalue weighted by atomic mass is 10.2. The molecular weight excluding hydrogens is 276 g/mol. The third kappa shape index (κ3) is 4.02. The molecule has 1 atom stereocenters. The van der Waals surface area contributed by atoms with Crippen LogP contribution < -0.4 is 0 Å². The highest BCUT2D eigenvalue weighted by atomic mass is 32.1. The first-order valence-corrected chi connectivity index (χ1v) is 7.78. The van der Waals surface area contributed by atoms with Gasteiger partial charge in [-0.25, -0.2) is 0 Å². The lowest BCUT2D eigenvalue weighted by Crippen LogP contribution is -2.45. The molecule has 0 radical (unpaired) electrons. The Labute approximate surface area is 123 Å². The van der Waals surface area contributed by atoms with Crippen molar-refractivity contribution in [3.8, 4) is 0 Å². The molecule has 6 heteroatoms. The van der Waals surface area contributed by atoms with E-state index in [4.69, 9.17) is 4.74 Å². The normalized spacial score (nSPS) is 17.9. The van der Waals surface area contributed by atoms with Crippen molar-refractivity contribution < 1.29 is 14.6 Å². The Hall–Kier alpha value is -0.950. The summed E-state index contributed by atoms with van der Waals surface area (Å²) in [5.41, 5.74) is 1.73. The minimum atomic E-state index is -0.527. The fourth-order valence-electron chi connectivity index (χ4n) is 2.32. The maximum atomic E-state index is 12.2. The summed E-state index contributed by atoms with van der Waals surface area (Å²) in [5, 5.41) is 13.9. The van der Waals surface area contributed by atoms with Crippen LogP contribution in [0.3, 0.4) is 0 Å². The van der Waals surface area contributed by atoms with Gasteiger partial charge in [0.05, 0.1) is 24.9 Å². The number of aliphatic hydroxyl groups is 1. The highest BCUT2D eigenvalue weighted by Crippen LogP contribution is 2.15. The van der Waals surface area contributed by atoms with Crippen LogP contribution in [0.1, 0.15) is 15.9 Å². The average Bonchev–Trinajstić information content (AvgIpc) is 2.85. The first-order valence-electron chi connectivity index (χ1n) is 6.84. The minimum Gasteiger partial charge on any atom is -0.390 e. The van der Waals surface area contributed by atoms with Crippen LogP contribution in [0.15, 0.2) is 10.8 Å². The minimum absolute atomic E-state index is 0.0234. The number of thiophene rings is 1. The lowest BCUT2D eigenvalue weighted by Gasteiger charge is -2.30. The zero-order valence-electron chi connectivity index (χ0n) is 12.0. The number of aliphatic hydroxyl groups excluding tert-OH is 1. The molecule has 1 aromatic heterocycles. The zero-order valence-corrected chi connectivity index (χ0v) is 12.9. The standard InChI is InChI=1S/C14H22N2O3S/c1-11-9-20-10-13(11)14(18)15(2)7-12(17)8-16-3-5-19-6-4-16/h9-10,12,17H,3-8H2,1-2H3. The van der Waals surface area contributed by atoms with Crippen molar-refractivity contribution in [2.75, 3.05) is 46.4 Å². The van der Waals surface area contributed by atoms with Crippen molar-refractivity contribution >= 4 is 17.2 Å².